The highest BCUT2D eigenvalue weighted by Crippen LogP contribution is 2.36. The van der Waals surface area contributed by atoms with Gasteiger partial charge in [0.2, 0.25) is 11.8 Å². The molecule has 1 aliphatic carbocycles. The van der Waals surface area contributed by atoms with Gasteiger partial charge in [-0.05, 0) is 60.7 Å². The highest BCUT2D eigenvalue weighted by atomic mass is 19.4. The van der Waals surface area contributed by atoms with Crippen molar-refractivity contribution >= 4 is 23.6 Å². The Morgan fingerprint density at radius 3 is 2.56 bits per heavy atom. The van der Waals surface area contributed by atoms with E-state index in [0.29, 0.717) is 11.3 Å². The number of alkyl halides is 3. The molecule has 1 saturated carbocycles. The van der Waals surface area contributed by atoms with Crippen molar-refractivity contribution in [2.75, 3.05) is 0 Å². The summed E-state index contributed by atoms with van der Waals surface area (Å²) in [5, 5.41) is 4.26. The second kappa shape index (κ2) is 8.96. The number of hydrogen-bond donors (Lipinski definition) is 2. The van der Waals surface area contributed by atoms with Gasteiger partial charge in [0, 0.05) is 24.1 Å². The smallest absolute Gasteiger partial charge is 0.412 e. The van der Waals surface area contributed by atoms with Crippen LogP contribution >= 0.6 is 0 Å². The first-order chi connectivity index (χ1) is 17.1. The van der Waals surface area contributed by atoms with Crippen LogP contribution in [0.15, 0.2) is 42.5 Å². The number of nitrogens with zero attached hydrogens (tertiary/aromatic N) is 1. The van der Waals surface area contributed by atoms with Crippen molar-refractivity contribution in [2.45, 2.75) is 56.6 Å². The quantitative estimate of drug-likeness (QED) is 0.593. The first-order valence-electron chi connectivity index (χ1n) is 11.5. The highest BCUT2D eigenvalue weighted by Gasteiger charge is 2.43. The van der Waals surface area contributed by atoms with E-state index in [-0.39, 0.29) is 42.2 Å². The number of carbonyl (C=O) groups is 4. The van der Waals surface area contributed by atoms with E-state index in [0.717, 1.165) is 12.8 Å². The third-order valence-electron chi connectivity index (χ3n) is 6.41. The zero-order chi connectivity index (χ0) is 25.6. The molecule has 5 rings (SSSR count). The van der Waals surface area contributed by atoms with Gasteiger partial charge < -0.3 is 15.0 Å². The fraction of sp³-hybridized carbons (Fsp3) is 0.360. The van der Waals surface area contributed by atoms with Crippen molar-refractivity contribution in [1.29, 1.82) is 0 Å². The van der Waals surface area contributed by atoms with Crippen LogP contribution in [0.3, 0.4) is 0 Å². The summed E-state index contributed by atoms with van der Waals surface area (Å²) in [6, 6.07) is 6.47. The van der Waals surface area contributed by atoms with Gasteiger partial charge in [-0.25, -0.2) is 0 Å². The molecule has 188 valence electrons. The SMILES string of the molecule is O=C1CCC(N2Cc3cc(C(=O)N[C@H](c4cccc(OC5CC5)c4)C(F)(F)F)ccc3C2=O)C(=O)N1. The van der Waals surface area contributed by atoms with Crippen molar-refractivity contribution in [3.63, 3.8) is 0 Å². The molecule has 0 spiro atoms. The average Bonchev–Trinajstić information content (AvgIpc) is 3.58. The molecule has 2 aliphatic heterocycles. The van der Waals surface area contributed by atoms with Crippen LogP contribution in [0.4, 0.5) is 13.2 Å². The standard InChI is InChI=1S/C25H22F3N3O5/c26-25(27,28)21(13-2-1-3-17(11-13)36-16-5-6-16)30-22(33)14-4-7-18-15(10-14)12-31(24(18)35)19-8-9-20(32)29-23(19)34/h1-4,7,10-11,16,19,21H,5-6,8-9,12H2,(H,30,33)(H,29,32,34)/t19?,21-/m1/s1. The number of rotatable bonds is 6. The van der Waals surface area contributed by atoms with Crippen molar-refractivity contribution < 1.29 is 37.1 Å². The van der Waals surface area contributed by atoms with Gasteiger partial charge in [0.15, 0.2) is 6.04 Å². The number of hydrogen-bond acceptors (Lipinski definition) is 5. The first kappa shape index (κ1) is 23.8. The zero-order valence-electron chi connectivity index (χ0n) is 18.9. The number of carbonyl (C=O) groups excluding carboxylic acids is 4. The van der Waals surface area contributed by atoms with Crippen LogP contribution in [-0.2, 0) is 16.1 Å². The minimum Gasteiger partial charge on any atom is -0.490 e. The summed E-state index contributed by atoms with van der Waals surface area (Å²) < 4.78 is 47.3. The second-order valence-corrected chi connectivity index (χ2v) is 9.11. The Labute approximate surface area is 203 Å². The molecule has 11 heteroatoms. The lowest BCUT2D eigenvalue weighted by atomic mass is 10.0. The molecule has 8 nitrogen and oxygen atoms in total. The number of amides is 4. The molecule has 2 atom stereocenters. The van der Waals surface area contributed by atoms with Crippen LogP contribution in [0.2, 0.25) is 0 Å². The summed E-state index contributed by atoms with van der Waals surface area (Å²) >= 11 is 0. The van der Waals surface area contributed by atoms with Crippen LogP contribution in [0, 0.1) is 0 Å². The number of ether oxygens (including phenoxy) is 1. The molecule has 1 saturated heterocycles. The summed E-state index contributed by atoms with van der Waals surface area (Å²) in [4.78, 5) is 50.6. The number of piperidine rings is 1. The minimum atomic E-state index is -4.76. The monoisotopic (exact) mass is 501 g/mol. The van der Waals surface area contributed by atoms with Gasteiger partial charge in [0.25, 0.3) is 11.8 Å². The molecule has 0 radical (unpaired) electrons. The van der Waals surface area contributed by atoms with Gasteiger partial charge >= 0.3 is 6.18 Å². The molecular weight excluding hydrogens is 479 g/mol. The summed E-state index contributed by atoms with van der Waals surface area (Å²) in [7, 11) is 0. The Bertz CT molecular complexity index is 1260. The van der Waals surface area contributed by atoms with Gasteiger partial charge in [-0.2, -0.15) is 13.2 Å². The number of nitrogens with one attached hydrogen (secondary N) is 2. The third kappa shape index (κ3) is 4.77. The van der Waals surface area contributed by atoms with Gasteiger partial charge in [-0.3, -0.25) is 24.5 Å². The number of benzene rings is 2. The van der Waals surface area contributed by atoms with Crippen molar-refractivity contribution in [1.82, 2.24) is 15.5 Å². The van der Waals surface area contributed by atoms with E-state index in [1.165, 1.54) is 41.3 Å². The zero-order valence-corrected chi connectivity index (χ0v) is 18.9. The first-order valence-corrected chi connectivity index (χ1v) is 11.5. The molecule has 36 heavy (non-hydrogen) atoms. The predicted molar refractivity (Wildman–Crippen MR) is 119 cm³/mol. The molecule has 0 aromatic heterocycles. The van der Waals surface area contributed by atoms with E-state index in [2.05, 4.69) is 10.6 Å². The van der Waals surface area contributed by atoms with Crippen molar-refractivity contribution in [3.05, 3.63) is 64.7 Å². The molecule has 2 N–H and O–H groups in total. The Morgan fingerprint density at radius 2 is 1.86 bits per heavy atom. The number of fused-ring (bicyclic) bond motifs is 1. The van der Waals surface area contributed by atoms with Gasteiger partial charge in [-0.15, -0.1) is 0 Å². The van der Waals surface area contributed by atoms with E-state index in [4.69, 9.17) is 4.74 Å². The minimum absolute atomic E-state index is 0.00478. The normalized spacial score (nSPS) is 20.6. The summed E-state index contributed by atoms with van der Waals surface area (Å²) in [6.07, 6.45) is -2.78. The van der Waals surface area contributed by atoms with E-state index < -0.39 is 41.9 Å². The summed E-state index contributed by atoms with van der Waals surface area (Å²) in [6.45, 7) is 0.00478. The lowest BCUT2D eigenvalue weighted by molar-refractivity contribution is -0.155. The van der Waals surface area contributed by atoms with Crippen molar-refractivity contribution in [3.8, 4) is 5.75 Å². The summed E-state index contributed by atoms with van der Waals surface area (Å²) in [5.41, 5.74) is 0.468. The van der Waals surface area contributed by atoms with Gasteiger partial charge in [0.1, 0.15) is 11.8 Å². The van der Waals surface area contributed by atoms with E-state index in [9.17, 15) is 32.3 Å². The number of halogens is 3. The van der Waals surface area contributed by atoms with Crippen LogP contribution in [0.25, 0.3) is 0 Å². The maximum absolute atomic E-state index is 13.9. The van der Waals surface area contributed by atoms with Crippen LogP contribution in [-0.4, -0.2) is 46.9 Å². The summed E-state index contributed by atoms with van der Waals surface area (Å²) in [5.74, 6) is -2.08. The van der Waals surface area contributed by atoms with E-state index in [1.807, 2.05) is 0 Å². The third-order valence-corrected chi connectivity index (χ3v) is 6.41. The average molecular weight is 501 g/mol. The van der Waals surface area contributed by atoms with Crippen LogP contribution < -0.4 is 15.4 Å². The number of imide groups is 1. The van der Waals surface area contributed by atoms with Crippen molar-refractivity contribution in [2.24, 2.45) is 0 Å². The van der Waals surface area contributed by atoms with Crippen LogP contribution in [0.1, 0.15) is 63.6 Å². The lowest BCUT2D eigenvalue weighted by Gasteiger charge is -2.29. The molecule has 1 unspecified atom stereocenters. The maximum Gasteiger partial charge on any atom is 0.412 e. The molecule has 3 aliphatic rings. The molecule has 0 bridgehead atoms. The van der Waals surface area contributed by atoms with Crippen LogP contribution in [0.5, 0.6) is 5.75 Å². The second-order valence-electron chi connectivity index (χ2n) is 9.11. The van der Waals surface area contributed by atoms with E-state index >= 15 is 0 Å². The molecule has 2 aromatic rings. The Hall–Kier alpha value is -3.89. The maximum atomic E-state index is 13.9. The Kier molecular flexibility index (Phi) is 5.93. The molecular formula is C25H22F3N3O5. The van der Waals surface area contributed by atoms with Gasteiger partial charge in [0.05, 0.1) is 6.10 Å². The Balaban J connectivity index is 1.34. The molecule has 2 aromatic carbocycles. The molecule has 2 heterocycles. The highest BCUT2D eigenvalue weighted by molar-refractivity contribution is 6.06. The fourth-order valence-electron chi connectivity index (χ4n) is 4.43. The lowest BCUT2D eigenvalue weighted by Crippen LogP contribution is -2.52. The molecule has 4 amide bonds. The fourth-order valence-corrected chi connectivity index (χ4v) is 4.43. The largest absolute Gasteiger partial charge is 0.490 e. The Morgan fingerprint density at radius 1 is 1.08 bits per heavy atom. The molecule has 2 fully saturated rings. The van der Waals surface area contributed by atoms with E-state index in [1.54, 1.807) is 6.07 Å². The predicted octanol–water partition coefficient (Wildman–Crippen LogP) is 3.02. The topological polar surface area (TPSA) is 105 Å². The van der Waals surface area contributed by atoms with Gasteiger partial charge in [-0.1, -0.05) is 12.1 Å².